The van der Waals surface area contributed by atoms with E-state index >= 15 is 0 Å². The van der Waals surface area contributed by atoms with Crippen LogP contribution in [0.4, 0.5) is 0 Å². The zero-order chi connectivity index (χ0) is 22.9. The summed E-state index contributed by atoms with van der Waals surface area (Å²) in [4.78, 5) is 25.9. The number of aromatic nitrogens is 2. The molecular formula is C25H27N3O4. The molecule has 3 aromatic rings. The molecule has 0 saturated carbocycles. The molecule has 1 amide bonds. The zero-order valence-corrected chi connectivity index (χ0v) is 18.5. The average Bonchev–Trinajstić information content (AvgIpc) is 3.27. The van der Waals surface area contributed by atoms with Gasteiger partial charge in [-0.25, -0.2) is 9.48 Å². The predicted octanol–water partition coefficient (Wildman–Crippen LogP) is 3.97. The van der Waals surface area contributed by atoms with Gasteiger partial charge in [0.15, 0.2) is 6.61 Å². The molecule has 2 aromatic carbocycles. The van der Waals surface area contributed by atoms with Gasteiger partial charge in [-0.1, -0.05) is 18.2 Å². The number of methoxy groups -OCH3 is 1. The highest BCUT2D eigenvalue weighted by molar-refractivity contribution is 5.90. The maximum absolute atomic E-state index is 12.2. The van der Waals surface area contributed by atoms with Crippen LogP contribution in [0.1, 0.15) is 19.4 Å². The lowest BCUT2D eigenvalue weighted by Gasteiger charge is -2.17. The molecule has 0 unspecified atom stereocenters. The quantitative estimate of drug-likeness (QED) is 0.377. The standard InChI is InChI=1S/C25H27N3O4/c1-4-27(5-2)23(29)18-32-24(30)16-13-20-17-28(21-9-7-6-8-10-21)26-25(20)19-11-14-22(31-3)15-12-19/h6-17H,4-5,18H2,1-3H3/b16-13+. The molecule has 7 heteroatoms. The number of ether oxygens (including phenoxy) is 2. The highest BCUT2D eigenvalue weighted by atomic mass is 16.5. The molecule has 0 atom stereocenters. The summed E-state index contributed by atoms with van der Waals surface area (Å²) in [5.41, 5.74) is 3.23. The van der Waals surface area contributed by atoms with Gasteiger partial charge in [0.2, 0.25) is 0 Å². The average molecular weight is 434 g/mol. The van der Waals surface area contributed by atoms with E-state index in [0.29, 0.717) is 18.8 Å². The van der Waals surface area contributed by atoms with Gasteiger partial charge in [-0.3, -0.25) is 4.79 Å². The lowest BCUT2D eigenvalue weighted by Crippen LogP contribution is -2.34. The molecule has 0 aliphatic rings. The van der Waals surface area contributed by atoms with Crippen molar-refractivity contribution in [2.24, 2.45) is 0 Å². The Morgan fingerprint density at radius 3 is 2.34 bits per heavy atom. The Hall–Kier alpha value is -3.87. The van der Waals surface area contributed by atoms with Gasteiger partial charge >= 0.3 is 5.97 Å². The topological polar surface area (TPSA) is 73.7 Å². The molecule has 0 radical (unpaired) electrons. The van der Waals surface area contributed by atoms with Crippen molar-refractivity contribution in [2.45, 2.75) is 13.8 Å². The first-order valence-corrected chi connectivity index (χ1v) is 10.5. The summed E-state index contributed by atoms with van der Waals surface area (Å²) in [5.74, 6) is -0.0546. The van der Waals surface area contributed by atoms with Crippen molar-refractivity contribution in [1.82, 2.24) is 14.7 Å². The number of rotatable bonds is 9. The second kappa shape index (κ2) is 10.9. The van der Waals surface area contributed by atoms with Gasteiger partial charge in [0.05, 0.1) is 18.5 Å². The molecule has 32 heavy (non-hydrogen) atoms. The summed E-state index contributed by atoms with van der Waals surface area (Å²) < 4.78 is 12.1. The molecular weight excluding hydrogens is 406 g/mol. The summed E-state index contributed by atoms with van der Waals surface area (Å²) in [6.45, 7) is 4.64. The van der Waals surface area contributed by atoms with Crippen molar-refractivity contribution in [3.63, 3.8) is 0 Å². The molecule has 0 bridgehead atoms. The maximum atomic E-state index is 12.2. The van der Waals surface area contributed by atoms with E-state index < -0.39 is 5.97 Å². The summed E-state index contributed by atoms with van der Waals surface area (Å²) in [6.07, 6.45) is 4.81. The third-order valence-corrected chi connectivity index (χ3v) is 4.98. The Morgan fingerprint density at radius 1 is 1.03 bits per heavy atom. The number of likely N-dealkylation sites (N-methyl/N-ethyl adjacent to an activating group) is 1. The Labute approximate surface area is 187 Å². The van der Waals surface area contributed by atoms with Crippen LogP contribution in [-0.4, -0.2) is 53.4 Å². The minimum absolute atomic E-state index is 0.215. The molecule has 7 nitrogen and oxygen atoms in total. The van der Waals surface area contributed by atoms with Crippen LogP contribution in [-0.2, 0) is 14.3 Å². The summed E-state index contributed by atoms with van der Waals surface area (Å²) in [5, 5.41) is 4.72. The molecule has 0 fully saturated rings. The first-order chi connectivity index (χ1) is 15.5. The number of nitrogens with zero attached hydrogens (tertiary/aromatic N) is 3. The van der Waals surface area contributed by atoms with Crippen LogP contribution < -0.4 is 4.74 Å². The normalized spacial score (nSPS) is 10.8. The van der Waals surface area contributed by atoms with E-state index in [1.807, 2.05) is 74.6 Å². The molecule has 0 N–H and O–H groups in total. The molecule has 3 rings (SSSR count). The van der Waals surface area contributed by atoms with E-state index in [1.54, 1.807) is 22.8 Å². The number of hydrogen-bond donors (Lipinski definition) is 0. The van der Waals surface area contributed by atoms with E-state index in [4.69, 9.17) is 14.6 Å². The lowest BCUT2D eigenvalue weighted by atomic mass is 10.1. The van der Waals surface area contributed by atoms with Crippen LogP contribution >= 0.6 is 0 Å². The minimum atomic E-state index is -0.585. The lowest BCUT2D eigenvalue weighted by molar-refractivity contribution is -0.147. The number of benzene rings is 2. The first kappa shape index (κ1) is 22.8. The van der Waals surface area contributed by atoms with Crippen molar-refractivity contribution in [3.05, 3.63) is 72.4 Å². The largest absolute Gasteiger partial charge is 0.497 e. The molecule has 0 aliphatic heterocycles. The van der Waals surface area contributed by atoms with E-state index in [1.165, 1.54) is 6.08 Å². The molecule has 1 aromatic heterocycles. The minimum Gasteiger partial charge on any atom is -0.497 e. The Balaban J connectivity index is 1.83. The van der Waals surface area contributed by atoms with E-state index in [0.717, 1.165) is 22.6 Å². The molecule has 0 aliphatic carbocycles. The van der Waals surface area contributed by atoms with Gasteiger partial charge in [0.1, 0.15) is 5.75 Å². The monoisotopic (exact) mass is 433 g/mol. The first-order valence-electron chi connectivity index (χ1n) is 10.5. The number of amides is 1. The van der Waals surface area contributed by atoms with E-state index in [2.05, 4.69) is 0 Å². The Kier molecular flexibility index (Phi) is 7.80. The Morgan fingerprint density at radius 2 is 1.72 bits per heavy atom. The second-order valence-electron chi connectivity index (χ2n) is 6.95. The van der Waals surface area contributed by atoms with Crippen LogP contribution in [0.15, 0.2) is 66.9 Å². The Bertz CT molecular complexity index is 1070. The SMILES string of the molecule is CCN(CC)C(=O)COC(=O)/C=C/c1cn(-c2ccccc2)nc1-c1ccc(OC)cc1. The van der Waals surface area contributed by atoms with Gasteiger partial charge in [-0.05, 0) is 56.3 Å². The third kappa shape index (κ3) is 5.63. The van der Waals surface area contributed by atoms with Crippen LogP contribution in [0.2, 0.25) is 0 Å². The predicted molar refractivity (Wildman–Crippen MR) is 123 cm³/mol. The van der Waals surface area contributed by atoms with Gasteiger partial charge < -0.3 is 14.4 Å². The van der Waals surface area contributed by atoms with Crippen molar-refractivity contribution in [1.29, 1.82) is 0 Å². The summed E-state index contributed by atoms with van der Waals surface area (Å²) >= 11 is 0. The van der Waals surface area contributed by atoms with Crippen LogP contribution in [0.25, 0.3) is 23.0 Å². The molecule has 166 valence electrons. The number of carbonyl (C=O) groups excluding carboxylic acids is 2. The van der Waals surface area contributed by atoms with Crippen LogP contribution in [0.3, 0.4) is 0 Å². The fourth-order valence-corrected chi connectivity index (χ4v) is 3.20. The van der Waals surface area contributed by atoms with Crippen LogP contribution in [0.5, 0.6) is 5.75 Å². The molecule has 1 heterocycles. The van der Waals surface area contributed by atoms with Gasteiger partial charge in [0, 0.05) is 36.5 Å². The van der Waals surface area contributed by atoms with Gasteiger partial charge in [0.25, 0.3) is 5.91 Å². The van der Waals surface area contributed by atoms with E-state index in [-0.39, 0.29) is 12.5 Å². The fraction of sp³-hybridized carbons (Fsp3) is 0.240. The second-order valence-corrected chi connectivity index (χ2v) is 6.95. The highest BCUT2D eigenvalue weighted by Crippen LogP contribution is 2.26. The zero-order valence-electron chi connectivity index (χ0n) is 18.5. The summed E-state index contributed by atoms with van der Waals surface area (Å²) in [6, 6.07) is 17.2. The van der Waals surface area contributed by atoms with Crippen molar-refractivity contribution < 1.29 is 19.1 Å². The van der Waals surface area contributed by atoms with Crippen molar-refractivity contribution in [2.75, 3.05) is 26.8 Å². The number of esters is 1. The molecule has 0 spiro atoms. The number of hydrogen-bond acceptors (Lipinski definition) is 5. The van der Waals surface area contributed by atoms with Gasteiger partial charge in [-0.15, -0.1) is 0 Å². The molecule has 0 saturated heterocycles. The maximum Gasteiger partial charge on any atom is 0.331 e. The third-order valence-electron chi connectivity index (χ3n) is 4.98. The van der Waals surface area contributed by atoms with Gasteiger partial charge in [-0.2, -0.15) is 5.10 Å². The number of carbonyl (C=O) groups is 2. The fourth-order valence-electron chi connectivity index (χ4n) is 3.20. The van der Waals surface area contributed by atoms with Crippen LogP contribution in [0, 0.1) is 0 Å². The van der Waals surface area contributed by atoms with Crippen molar-refractivity contribution in [3.8, 4) is 22.7 Å². The summed E-state index contributed by atoms with van der Waals surface area (Å²) in [7, 11) is 1.61. The van der Waals surface area contributed by atoms with E-state index in [9.17, 15) is 9.59 Å². The highest BCUT2D eigenvalue weighted by Gasteiger charge is 2.13. The van der Waals surface area contributed by atoms with Crippen molar-refractivity contribution >= 4 is 18.0 Å². The smallest absolute Gasteiger partial charge is 0.331 e. The number of para-hydroxylation sites is 1.